The highest BCUT2D eigenvalue weighted by atomic mass is 79.9. The van der Waals surface area contributed by atoms with Crippen LogP contribution in [-0.4, -0.2) is 37.5 Å². The van der Waals surface area contributed by atoms with E-state index in [-0.39, 0.29) is 5.91 Å². The maximum atomic E-state index is 11.8. The van der Waals surface area contributed by atoms with Crippen molar-refractivity contribution in [2.45, 2.75) is 13.8 Å². The SMILES string of the molecule is CCN(C)CCNC(=O)c1ccc(Br)c(C)c1. The molecule has 1 rings (SSSR count). The molecule has 3 nitrogen and oxygen atoms in total. The number of nitrogens with zero attached hydrogens (tertiary/aromatic N) is 1. The van der Waals surface area contributed by atoms with E-state index < -0.39 is 0 Å². The van der Waals surface area contributed by atoms with Gasteiger partial charge in [0.25, 0.3) is 5.91 Å². The van der Waals surface area contributed by atoms with Gasteiger partial charge >= 0.3 is 0 Å². The summed E-state index contributed by atoms with van der Waals surface area (Å²) in [5.74, 6) is -0.00916. The van der Waals surface area contributed by atoms with Gasteiger partial charge in [0.1, 0.15) is 0 Å². The zero-order valence-electron chi connectivity index (χ0n) is 10.6. The van der Waals surface area contributed by atoms with Crippen molar-refractivity contribution >= 4 is 21.8 Å². The van der Waals surface area contributed by atoms with Crippen LogP contribution >= 0.6 is 15.9 Å². The summed E-state index contributed by atoms with van der Waals surface area (Å²) in [5.41, 5.74) is 1.79. The van der Waals surface area contributed by atoms with Crippen LogP contribution in [0.25, 0.3) is 0 Å². The minimum absolute atomic E-state index is 0.00916. The van der Waals surface area contributed by atoms with Gasteiger partial charge in [-0.3, -0.25) is 4.79 Å². The summed E-state index contributed by atoms with van der Waals surface area (Å²) in [5, 5.41) is 2.91. The molecular weight excluding hydrogens is 280 g/mol. The third kappa shape index (κ3) is 4.48. The molecule has 1 aromatic rings. The number of halogens is 1. The van der Waals surface area contributed by atoms with Gasteiger partial charge in [0, 0.05) is 23.1 Å². The fourth-order valence-electron chi connectivity index (χ4n) is 1.41. The summed E-state index contributed by atoms with van der Waals surface area (Å²) in [6.07, 6.45) is 0. The van der Waals surface area contributed by atoms with E-state index in [1.54, 1.807) is 0 Å². The number of likely N-dealkylation sites (N-methyl/N-ethyl adjacent to an activating group) is 1. The molecule has 0 radical (unpaired) electrons. The highest BCUT2D eigenvalue weighted by molar-refractivity contribution is 9.10. The molecule has 0 fully saturated rings. The Morgan fingerprint density at radius 3 is 2.76 bits per heavy atom. The molecule has 17 heavy (non-hydrogen) atoms. The van der Waals surface area contributed by atoms with Crippen molar-refractivity contribution in [3.05, 3.63) is 33.8 Å². The summed E-state index contributed by atoms with van der Waals surface area (Å²) in [6, 6.07) is 5.63. The molecule has 0 aliphatic rings. The summed E-state index contributed by atoms with van der Waals surface area (Å²) in [4.78, 5) is 14.0. The molecule has 0 saturated heterocycles. The Kier molecular flexibility index (Phi) is 5.65. The largest absolute Gasteiger partial charge is 0.351 e. The maximum Gasteiger partial charge on any atom is 0.251 e. The van der Waals surface area contributed by atoms with E-state index >= 15 is 0 Å². The average Bonchev–Trinajstić information content (AvgIpc) is 2.32. The second-order valence-electron chi connectivity index (χ2n) is 4.12. The quantitative estimate of drug-likeness (QED) is 0.905. The number of carbonyl (C=O) groups is 1. The van der Waals surface area contributed by atoms with Crippen molar-refractivity contribution in [1.82, 2.24) is 10.2 Å². The van der Waals surface area contributed by atoms with Crippen LogP contribution in [0, 0.1) is 6.92 Å². The van der Waals surface area contributed by atoms with E-state index in [2.05, 4.69) is 33.1 Å². The van der Waals surface area contributed by atoms with E-state index in [0.29, 0.717) is 12.1 Å². The highest BCUT2D eigenvalue weighted by Crippen LogP contribution is 2.16. The lowest BCUT2D eigenvalue weighted by Crippen LogP contribution is -2.32. The van der Waals surface area contributed by atoms with E-state index in [0.717, 1.165) is 23.1 Å². The predicted octanol–water partition coefficient (Wildman–Crippen LogP) is 2.44. The average molecular weight is 299 g/mol. The van der Waals surface area contributed by atoms with E-state index in [1.807, 2.05) is 32.2 Å². The van der Waals surface area contributed by atoms with Gasteiger partial charge in [0.15, 0.2) is 0 Å². The molecule has 1 N–H and O–H groups in total. The molecule has 0 heterocycles. The van der Waals surface area contributed by atoms with Crippen molar-refractivity contribution < 1.29 is 4.79 Å². The topological polar surface area (TPSA) is 32.3 Å². The van der Waals surface area contributed by atoms with Gasteiger partial charge in [0.05, 0.1) is 0 Å². The first-order valence-corrected chi connectivity index (χ1v) is 6.56. The van der Waals surface area contributed by atoms with Crippen molar-refractivity contribution in [3.8, 4) is 0 Å². The van der Waals surface area contributed by atoms with Crippen molar-refractivity contribution in [1.29, 1.82) is 0 Å². The van der Waals surface area contributed by atoms with E-state index in [4.69, 9.17) is 0 Å². The van der Waals surface area contributed by atoms with Gasteiger partial charge in [-0.1, -0.05) is 22.9 Å². The Morgan fingerprint density at radius 2 is 2.18 bits per heavy atom. The van der Waals surface area contributed by atoms with Gasteiger partial charge < -0.3 is 10.2 Å². The minimum atomic E-state index is -0.00916. The standard InChI is InChI=1S/C13H19BrN2O/c1-4-16(3)8-7-15-13(17)11-5-6-12(14)10(2)9-11/h5-6,9H,4,7-8H2,1-3H3,(H,15,17). The van der Waals surface area contributed by atoms with Crippen molar-refractivity contribution in [3.63, 3.8) is 0 Å². The molecule has 0 atom stereocenters. The summed E-state index contributed by atoms with van der Waals surface area (Å²) < 4.78 is 1.03. The molecule has 4 heteroatoms. The van der Waals surface area contributed by atoms with E-state index in [1.165, 1.54) is 0 Å². The third-order valence-electron chi connectivity index (χ3n) is 2.74. The molecule has 0 aromatic heterocycles. The number of benzene rings is 1. The lowest BCUT2D eigenvalue weighted by molar-refractivity contribution is 0.0950. The smallest absolute Gasteiger partial charge is 0.251 e. The number of aryl methyl sites for hydroxylation is 1. The Morgan fingerprint density at radius 1 is 1.47 bits per heavy atom. The van der Waals surface area contributed by atoms with Crippen molar-refractivity contribution in [2.75, 3.05) is 26.7 Å². The number of nitrogens with one attached hydrogen (secondary N) is 1. The second kappa shape index (κ2) is 6.77. The predicted molar refractivity (Wildman–Crippen MR) is 74.4 cm³/mol. The molecule has 0 unspecified atom stereocenters. The zero-order chi connectivity index (χ0) is 12.8. The molecule has 94 valence electrons. The Hall–Kier alpha value is -0.870. The van der Waals surface area contributed by atoms with Gasteiger partial charge in [-0.2, -0.15) is 0 Å². The van der Waals surface area contributed by atoms with Crippen LogP contribution in [0.2, 0.25) is 0 Å². The van der Waals surface area contributed by atoms with Crippen LogP contribution in [0.15, 0.2) is 22.7 Å². The highest BCUT2D eigenvalue weighted by Gasteiger charge is 2.06. The van der Waals surface area contributed by atoms with Crippen molar-refractivity contribution in [2.24, 2.45) is 0 Å². The lowest BCUT2D eigenvalue weighted by atomic mass is 10.1. The van der Waals surface area contributed by atoms with Crippen LogP contribution in [0.5, 0.6) is 0 Å². The van der Waals surface area contributed by atoms with Gasteiger partial charge in [0.2, 0.25) is 0 Å². The summed E-state index contributed by atoms with van der Waals surface area (Å²) in [6.45, 7) is 6.62. The first kappa shape index (κ1) is 14.2. The van der Waals surface area contributed by atoms with E-state index in [9.17, 15) is 4.79 Å². The monoisotopic (exact) mass is 298 g/mol. The number of hydrogen-bond donors (Lipinski definition) is 1. The Bertz CT molecular complexity index is 393. The summed E-state index contributed by atoms with van der Waals surface area (Å²) in [7, 11) is 2.04. The maximum absolute atomic E-state index is 11.8. The fourth-order valence-corrected chi connectivity index (χ4v) is 1.65. The van der Waals surface area contributed by atoms with Gasteiger partial charge in [-0.05, 0) is 44.3 Å². The molecule has 0 bridgehead atoms. The van der Waals surface area contributed by atoms with Crippen LogP contribution in [-0.2, 0) is 0 Å². The fraction of sp³-hybridized carbons (Fsp3) is 0.462. The number of hydrogen-bond acceptors (Lipinski definition) is 2. The van der Waals surface area contributed by atoms with Crippen LogP contribution < -0.4 is 5.32 Å². The van der Waals surface area contributed by atoms with Crippen LogP contribution in [0.4, 0.5) is 0 Å². The molecule has 1 aromatic carbocycles. The number of rotatable bonds is 5. The number of amides is 1. The Balaban J connectivity index is 2.50. The van der Waals surface area contributed by atoms with Gasteiger partial charge in [-0.25, -0.2) is 0 Å². The third-order valence-corrected chi connectivity index (χ3v) is 3.63. The zero-order valence-corrected chi connectivity index (χ0v) is 12.2. The molecule has 0 saturated carbocycles. The molecule has 0 aliphatic heterocycles. The molecular formula is C13H19BrN2O. The normalized spacial score (nSPS) is 10.6. The first-order chi connectivity index (χ1) is 8.04. The number of carbonyl (C=O) groups excluding carboxylic acids is 1. The lowest BCUT2D eigenvalue weighted by Gasteiger charge is -2.14. The molecule has 0 aliphatic carbocycles. The Labute approximate surface area is 111 Å². The van der Waals surface area contributed by atoms with Crippen LogP contribution in [0.3, 0.4) is 0 Å². The minimum Gasteiger partial charge on any atom is -0.351 e. The van der Waals surface area contributed by atoms with Crippen LogP contribution in [0.1, 0.15) is 22.8 Å². The first-order valence-electron chi connectivity index (χ1n) is 5.77. The molecule has 0 spiro atoms. The van der Waals surface area contributed by atoms with Gasteiger partial charge in [-0.15, -0.1) is 0 Å². The summed E-state index contributed by atoms with van der Waals surface area (Å²) >= 11 is 3.42. The molecule has 1 amide bonds. The second-order valence-corrected chi connectivity index (χ2v) is 4.97.